The van der Waals surface area contributed by atoms with Gasteiger partial charge in [0.2, 0.25) is 0 Å². The molecule has 6 radical (unpaired) electrons. The van der Waals surface area contributed by atoms with Gasteiger partial charge < -0.3 is 21.9 Å². The molecule has 16 nitrogen and oxygen atoms in total. The van der Waals surface area contributed by atoms with E-state index in [0.29, 0.717) is 0 Å². The van der Waals surface area contributed by atoms with Crippen LogP contribution < -0.4 is 14.5 Å². The molecule has 0 aromatic rings. The molecule has 0 rings (SSSR count). The predicted octanol–water partition coefficient (Wildman–Crippen LogP) is -7.34. The molecular weight excluding hydrogens is 1450 g/mol. The molecule has 0 fully saturated rings. The van der Waals surface area contributed by atoms with Crippen LogP contribution in [-0.2, 0) is 181 Å². The Balaban J connectivity index is -0.00000000545. The molecule has 0 aromatic heterocycles. The second kappa shape index (κ2) is 86.5. The average molecular weight is 1450 g/mol. The maximum absolute atomic E-state index is 8.60. The molecule has 0 N–H and O–H groups in total. The molecule has 0 bridgehead atoms. The quantitative estimate of drug-likeness (QED) is 0.204. The van der Waals surface area contributed by atoms with E-state index in [0.717, 1.165) is 0 Å². The fourth-order valence-electron chi connectivity index (χ4n) is 0. The van der Waals surface area contributed by atoms with Gasteiger partial charge in [-0.05, 0) is 0 Å². The molecule has 0 spiro atoms. The summed E-state index contributed by atoms with van der Waals surface area (Å²) >= 11 is -16.8. The van der Waals surface area contributed by atoms with Gasteiger partial charge in [-0.15, -0.1) is 0 Å². The van der Waals surface area contributed by atoms with Gasteiger partial charge in [-0.1, -0.05) is 0 Å². The van der Waals surface area contributed by atoms with Crippen LogP contribution in [0.4, 0.5) is 0 Å². The molecule has 0 heterocycles. The van der Waals surface area contributed by atoms with Crippen molar-refractivity contribution in [1.29, 1.82) is 0 Å². The van der Waals surface area contributed by atoms with E-state index in [-0.39, 0.29) is 162 Å². The summed E-state index contributed by atoms with van der Waals surface area (Å²) < 4.78 is 103. The monoisotopic (exact) mass is 1440 g/mol. The second-order valence-electron chi connectivity index (χ2n) is 0.894. The molecule has 0 aliphatic carbocycles. The van der Waals surface area contributed by atoms with Crippen molar-refractivity contribution in [2.45, 2.75) is 0 Å². The zero-order valence-electron chi connectivity index (χ0n) is 11.9. The van der Waals surface area contributed by atoms with Crippen LogP contribution in [0.5, 0.6) is 0 Å². The van der Waals surface area contributed by atoms with Crippen LogP contribution in [0.2, 0.25) is 0 Å². The first-order chi connectivity index (χ1) is 6.93. The summed E-state index contributed by atoms with van der Waals surface area (Å²) in [6.45, 7) is 0. The van der Waals surface area contributed by atoms with Gasteiger partial charge in [0.1, 0.15) is 0 Å². The Morgan fingerprint density at radius 2 is 0.346 bits per heavy atom. The van der Waals surface area contributed by atoms with E-state index in [1.54, 1.807) is 0 Å². The summed E-state index contributed by atoms with van der Waals surface area (Å²) in [5.74, 6) is 0. The average Bonchev–Trinajstić information content (AvgIpc) is 1.76. The molecule has 0 saturated carbocycles. The predicted molar refractivity (Wildman–Crippen MR) is 25.5 cm³/mol. The van der Waals surface area contributed by atoms with Crippen molar-refractivity contribution >= 4 is 81.9 Å². The summed E-state index contributed by atoms with van der Waals surface area (Å²) in [6.07, 6.45) is 0. The largest absolute Gasteiger partial charge is 2.00 e. The molecule has 26 heteroatoms. The minimum atomic E-state index is -4.20. The number of hydrogen-bond acceptors (Lipinski definition) is 12. The Kier molecular flexibility index (Phi) is 317. The number of rotatable bonds is 0. The Morgan fingerprint density at radius 1 is 0.346 bits per heavy atom. The third-order valence-corrected chi connectivity index (χ3v) is 0. The maximum Gasteiger partial charge on any atom is 2.00 e. The Labute approximate surface area is 271 Å². The van der Waals surface area contributed by atoms with Gasteiger partial charge in [-0.3, -0.25) is 0 Å². The summed E-state index contributed by atoms with van der Waals surface area (Å²) in [5.41, 5.74) is 0. The van der Waals surface area contributed by atoms with Crippen molar-refractivity contribution in [2.75, 3.05) is 0 Å². The normalized spacial score (nSPS) is 3.85. The van der Waals surface area contributed by atoms with Gasteiger partial charge in [0.15, 0.2) is 0 Å². The summed E-state index contributed by atoms with van der Waals surface area (Å²) in [7, 11) is 0. The standard InChI is InChI=1S/4Nb.16O.3Pb.3Zn/q;;;;;;;;;;;;4*-2;4*-1;6*+2. The second-order valence-corrected chi connectivity index (χ2v) is 5.29. The minimum Gasteiger partial charge on any atom is 2.00 e. The van der Waals surface area contributed by atoms with Gasteiger partial charge >= 0.3 is 256 Å². The van der Waals surface area contributed by atoms with Gasteiger partial charge in [-0.2, -0.15) is 0 Å². The van der Waals surface area contributed by atoms with Crippen molar-refractivity contribution in [2.24, 2.45) is 0 Å². The van der Waals surface area contributed by atoms with Crippen LogP contribution in [0.15, 0.2) is 0 Å². The molecule has 0 unspecified atom stereocenters. The first kappa shape index (κ1) is 95.4. The van der Waals surface area contributed by atoms with Gasteiger partial charge in [-0.25, -0.2) is 0 Å². The molecule has 0 aliphatic heterocycles. The molecule has 0 atom stereocenters. The number of hydrogen-bond donors (Lipinski definition) is 0. The van der Waals surface area contributed by atoms with Crippen molar-refractivity contribution < 1.29 is 196 Å². The van der Waals surface area contributed by atoms with Crippen LogP contribution in [0.25, 0.3) is 0 Å². The topological polar surface area (TPSA) is 343 Å². The zero-order chi connectivity index (χ0) is 14.3. The van der Waals surface area contributed by atoms with E-state index in [4.69, 9.17) is 40.5 Å². The molecular formula is Nb4O16Pb3Zn3. The zero-order valence-corrected chi connectivity index (χ0v) is 41.3. The van der Waals surface area contributed by atoms with Gasteiger partial charge in [0.05, 0.1) is 0 Å². The van der Waals surface area contributed by atoms with Gasteiger partial charge in [0.25, 0.3) is 0 Å². The van der Waals surface area contributed by atoms with Crippen molar-refractivity contribution in [1.82, 2.24) is 0 Å². The third-order valence-electron chi connectivity index (χ3n) is 0. The summed E-state index contributed by atoms with van der Waals surface area (Å²) in [5, 5.41) is 0. The summed E-state index contributed by atoms with van der Waals surface area (Å²) in [6, 6.07) is 0. The van der Waals surface area contributed by atoms with E-state index >= 15 is 0 Å². The van der Waals surface area contributed by atoms with Crippen LogP contribution in [0.1, 0.15) is 0 Å². The molecule has 134 valence electrons. The Bertz CT molecular complexity index is 314. The van der Waals surface area contributed by atoms with Crippen molar-refractivity contribution in [3.8, 4) is 0 Å². The molecule has 0 aliphatic rings. The Hall–Kier alpha value is 5.68. The smallest absolute Gasteiger partial charge is 2.00 e. The Morgan fingerprint density at radius 3 is 0.346 bits per heavy atom. The van der Waals surface area contributed by atoms with Crippen LogP contribution >= 0.6 is 0 Å². The van der Waals surface area contributed by atoms with Gasteiger partial charge in [0, 0.05) is 0 Å². The van der Waals surface area contributed by atoms with E-state index in [1.165, 1.54) is 0 Å². The molecule has 0 saturated heterocycles. The van der Waals surface area contributed by atoms with Crippen molar-refractivity contribution in [3.63, 3.8) is 0 Å². The minimum absolute atomic E-state index is 0. The van der Waals surface area contributed by atoms with E-state index in [1.807, 2.05) is 0 Å². The summed E-state index contributed by atoms with van der Waals surface area (Å²) in [4.78, 5) is 0. The molecule has 0 amide bonds. The van der Waals surface area contributed by atoms with Crippen molar-refractivity contribution in [3.05, 3.63) is 0 Å². The van der Waals surface area contributed by atoms with E-state index in [9.17, 15) is 0 Å². The van der Waals surface area contributed by atoms with E-state index < -0.39 is 75.1 Å². The maximum atomic E-state index is 8.60. The van der Waals surface area contributed by atoms with Crippen LogP contribution in [0, 0.1) is 0 Å². The third kappa shape index (κ3) is 757. The molecule has 26 heavy (non-hydrogen) atoms. The van der Waals surface area contributed by atoms with Crippen LogP contribution in [-0.4, -0.2) is 81.9 Å². The fraction of sp³-hybridized carbons (Fsp3) is 0. The first-order valence-electron chi connectivity index (χ1n) is 2.19. The van der Waals surface area contributed by atoms with Crippen LogP contribution in [0.3, 0.4) is 0 Å². The fourth-order valence-corrected chi connectivity index (χ4v) is 0. The van der Waals surface area contributed by atoms with E-state index in [2.05, 4.69) is 0 Å². The molecule has 0 aromatic carbocycles. The SMILES string of the molecule is [O-2].[O-2].[O-2].[O-2].[O]=[Nb](=[O])[O-].[O]=[Nb](=[O])[O-].[O]=[Nb](=[O])[O-].[O]=[Nb](=[O])[O-].[Pb+2].[Pb+2].[Pb+2].[Zn+2].[Zn+2].[Zn+2]. The first-order valence-corrected chi connectivity index (χ1v) is 13.0.